The molecule has 0 aromatic rings. The zero-order chi connectivity index (χ0) is 21.5. The van der Waals surface area contributed by atoms with Crippen molar-refractivity contribution >= 4 is 0 Å². The summed E-state index contributed by atoms with van der Waals surface area (Å²) in [6.07, 6.45) is 30.8. The average Bonchev–Trinajstić information content (AvgIpc) is 2.71. The SMILES string of the molecule is C=CC[N+](C)(CCCCCCCCCCCC)CCCCCCCCCCCC.[Br-]. The van der Waals surface area contributed by atoms with Gasteiger partial charge < -0.3 is 21.5 Å². The normalized spacial score (nSPS) is 11.4. The van der Waals surface area contributed by atoms with Crippen LogP contribution in [0.2, 0.25) is 0 Å². The van der Waals surface area contributed by atoms with Gasteiger partial charge in [0.05, 0.1) is 26.7 Å². The van der Waals surface area contributed by atoms with Crippen molar-refractivity contribution in [2.45, 2.75) is 142 Å². The molecule has 0 atom stereocenters. The highest BCUT2D eigenvalue weighted by Gasteiger charge is 2.18. The first-order chi connectivity index (χ1) is 14.2. The topological polar surface area (TPSA) is 0 Å². The van der Waals surface area contributed by atoms with Gasteiger partial charge in [0.1, 0.15) is 0 Å². The quantitative estimate of drug-likeness (QED) is 0.0830. The van der Waals surface area contributed by atoms with Crippen molar-refractivity contribution in [2.24, 2.45) is 0 Å². The molecule has 0 saturated heterocycles. The van der Waals surface area contributed by atoms with Crippen LogP contribution in [0.15, 0.2) is 12.7 Å². The van der Waals surface area contributed by atoms with E-state index in [1.807, 2.05) is 0 Å². The third kappa shape index (κ3) is 22.9. The fourth-order valence-electron chi connectivity index (χ4n) is 4.57. The number of nitrogens with zero attached hydrogens (tertiary/aromatic N) is 1. The van der Waals surface area contributed by atoms with Crippen LogP contribution >= 0.6 is 0 Å². The Morgan fingerprint density at radius 2 is 0.767 bits per heavy atom. The highest BCUT2D eigenvalue weighted by atomic mass is 79.9. The minimum atomic E-state index is 0. The predicted molar refractivity (Wildman–Crippen MR) is 135 cm³/mol. The molecule has 0 aliphatic rings. The van der Waals surface area contributed by atoms with Crippen LogP contribution < -0.4 is 17.0 Å². The highest BCUT2D eigenvalue weighted by Crippen LogP contribution is 2.15. The maximum Gasteiger partial charge on any atom is 0.0969 e. The van der Waals surface area contributed by atoms with Crippen molar-refractivity contribution in [1.29, 1.82) is 0 Å². The first-order valence-electron chi connectivity index (χ1n) is 13.6. The van der Waals surface area contributed by atoms with Gasteiger partial charge in [-0.15, -0.1) is 0 Å². The van der Waals surface area contributed by atoms with Crippen LogP contribution in [0.5, 0.6) is 0 Å². The Kier molecular flexibility index (Phi) is 27.4. The van der Waals surface area contributed by atoms with Crippen molar-refractivity contribution in [2.75, 3.05) is 26.7 Å². The standard InChI is InChI=1S/C28H58N.BrH/c1-5-8-10-12-14-16-18-20-22-24-27-29(4,26-7-3)28-25-23-21-19-17-15-13-11-9-6-2;/h7H,3,5-6,8-28H2,1-2,4H3;1H/q+1;/p-1. The third-order valence-electron chi connectivity index (χ3n) is 6.67. The lowest BCUT2D eigenvalue weighted by Gasteiger charge is -2.34. The van der Waals surface area contributed by atoms with E-state index in [0.29, 0.717) is 0 Å². The fourth-order valence-corrected chi connectivity index (χ4v) is 4.57. The maximum absolute atomic E-state index is 4.03. The Balaban J connectivity index is 0. The van der Waals surface area contributed by atoms with Crippen LogP contribution in [0, 0.1) is 0 Å². The molecule has 182 valence electrons. The van der Waals surface area contributed by atoms with Gasteiger partial charge in [0.25, 0.3) is 0 Å². The first-order valence-corrected chi connectivity index (χ1v) is 13.6. The molecule has 0 radical (unpaired) electrons. The number of hydrogen-bond donors (Lipinski definition) is 0. The van der Waals surface area contributed by atoms with E-state index in [-0.39, 0.29) is 17.0 Å². The molecule has 0 amide bonds. The van der Waals surface area contributed by atoms with E-state index < -0.39 is 0 Å². The van der Waals surface area contributed by atoms with E-state index in [2.05, 4.69) is 33.6 Å². The monoisotopic (exact) mass is 487 g/mol. The summed E-state index contributed by atoms with van der Waals surface area (Å²) in [7, 11) is 2.46. The summed E-state index contributed by atoms with van der Waals surface area (Å²) < 4.78 is 1.22. The molecule has 0 aliphatic carbocycles. The average molecular weight is 489 g/mol. The van der Waals surface area contributed by atoms with Crippen LogP contribution in [0.3, 0.4) is 0 Å². The molecule has 0 rings (SSSR count). The Morgan fingerprint density at radius 1 is 0.500 bits per heavy atom. The summed E-state index contributed by atoms with van der Waals surface area (Å²) in [6, 6.07) is 0. The second-order valence-electron chi connectivity index (χ2n) is 9.90. The molecular weight excluding hydrogens is 430 g/mol. The number of rotatable bonds is 24. The largest absolute Gasteiger partial charge is 1.00 e. The van der Waals surface area contributed by atoms with Gasteiger partial charge >= 0.3 is 0 Å². The van der Waals surface area contributed by atoms with Gasteiger partial charge in [0.15, 0.2) is 0 Å². The van der Waals surface area contributed by atoms with E-state index in [0.717, 1.165) is 6.54 Å². The van der Waals surface area contributed by atoms with Crippen LogP contribution in [0.25, 0.3) is 0 Å². The molecule has 0 heterocycles. The lowest BCUT2D eigenvalue weighted by molar-refractivity contribution is -0.904. The second-order valence-corrected chi connectivity index (χ2v) is 9.90. The van der Waals surface area contributed by atoms with E-state index >= 15 is 0 Å². The van der Waals surface area contributed by atoms with Crippen molar-refractivity contribution < 1.29 is 21.5 Å². The Hall–Kier alpha value is 0.180. The highest BCUT2D eigenvalue weighted by molar-refractivity contribution is 4.65. The van der Waals surface area contributed by atoms with Crippen LogP contribution in [0.1, 0.15) is 142 Å². The zero-order valence-corrected chi connectivity index (χ0v) is 23.0. The molecule has 0 aromatic carbocycles. The number of unbranched alkanes of at least 4 members (excludes halogenated alkanes) is 18. The zero-order valence-electron chi connectivity index (χ0n) is 21.4. The summed E-state index contributed by atoms with van der Waals surface area (Å²) in [6.45, 7) is 12.5. The molecule has 0 bridgehead atoms. The summed E-state index contributed by atoms with van der Waals surface area (Å²) >= 11 is 0. The van der Waals surface area contributed by atoms with E-state index in [4.69, 9.17) is 0 Å². The Labute approximate surface area is 202 Å². The summed E-state index contributed by atoms with van der Waals surface area (Å²) in [4.78, 5) is 0. The summed E-state index contributed by atoms with van der Waals surface area (Å²) in [5.41, 5.74) is 0. The lowest BCUT2D eigenvalue weighted by atomic mass is 10.1. The Bertz CT molecular complexity index is 305. The minimum absolute atomic E-state index is 0. The molecule has 0 unspecified atom stereocenters. The van der Waals surface area contributed by atoms with Gasteiger partial charge in [-0.1, -0.05) is 123 Å². The van der Waals surface area contributed by atoms with Gasteiger partial charge in [-0.05, 0) is 31.8 Å². The molecule has 0 aromatic heterocycles. The molecule has 30 heavy (non-hydrogen) atoms. The van der Waals surface area contributed by atoms with Gasteiger partial charge in [-0.2, -0.15) is 0 Å². The van der Waals surface area contributed by atoms with E-state index in [9.17, 15) is 0 Å². The molecule has 0 fully saturated rings. The lowest BCUT2D eigenvalue weighted by Crippen LogP contribution is -3.00. The maximum atomic E-state index is 4.03. The predicted octanol–water partition coefficient (Wildman–Crippen LogP) is 6.46. The van der Waals surface area contributed by atoms with Gasteiger partial charge in [-0.25, -0.2) is 0 Å². The summed E-state index contributed by atoms with van der Waals surface area (Å²) in [5, 5.41) is 0. The molecule has 0 N–H and O–H groups in total. The molecular formula is C28H58BrN. The molecule has 0 saturated carbocycles. The van der Waals surface area contributed by atoms with Gasteiger partial charge in [0.2, 0.25) is 0 Å². The van der Waals surface area contributed by atoms with Crippen molar-refractivity contribution in [1.82, 2.24) is 0 Å². The smallest absolute Gasteiger partial charge is 0.0969 e. The Morgan fingerprint density at radius 3 is 1.03 bits per heavy atom. The van der Waals surface area contributed by atoms with E-state index in [1.165, 1.54) is 146 Å². The summed E-state index contributed by atoms with van der Waals surface area (Å²) in [5.74, 6) is 0. The number of hydrogen-bond acceptors (Lipinski definition) is 0. The van der Waals surface area contributed by atoms with Gasteiger partial charge in [0, 0.05) is 0 Å². The fraction of sp³-hybridized carbons (Fsp3) is 0.929. The van der Waals surface area contributed by atoms with Crippen molar-refractivity contribution in [3.63, 3.8) is 0 Å². The van der Waals surface area contributed by atoms with Crippen LogP contribution in [-0.4, -0.2) is 31.2 Å². The van der Waals surface area contributed by atoms with Gasteiger partial charge in [-0.3, -0.25) is 0 Å². The second kappa shape index (κ2) is 25.4. The van der Waals surface area contributed by atoms with Crippen LogP contribution in [0.4, 0.5) is 0 Å². The number of likely N-dealkylation sites (N-methyl/N-ethyl adjacent to an activating group) is 1. The molecule has 1 nitrogen and oxygen atoms in total. The molecule has 0 aliphatic heterocycles. The van der Waals surface area contributed by atoms with E-state index in [1.54, 1.807) is 0 Å². The van der Waals surface area contributed by atoms with Crippen molar-refractivity contribution in [3.8, 4) is 0 Å². The first kappa shape index (κ1) is 32.4. The number of halogens is 1. The van der Waals surface area contributed by atoms with Crippen molar-refractivity contribution in [3.05, 3.63) is 12.7 Å². The molecule has 2 heteroatoms. The number of quaternary nitrogens is 1. The molecule has 0 spiro atoms. The third-order valence-corrected chi connectivity index (χ3v) is 6.67. The van der Waals surface area contributed by atoms with Crippen LogP contribution in [-0.2, 0) is 0 Å². The minimum Gasteiger partial charge on any atom is -1.00 e.